The van der Waals surface area contributed by atoms with Crippen LogP contribution in [0.3, 0.4) is 0 Å². The quantitative estimate of drug-likeness (QED) is 0.882. The summed E-state index contributed by atoms with van der Waals surface area (Å²) in [4.78, 5) is 23.4. The van der Waals surface area contributed by atoms with Crippen LogP contribution in [0.2, 0.25) is 5.02 Å². The van der Waals surface area contributed by atoms with Gasteiger partial charge in [0, 0.05) is 14.8 Å². The number of aromatic carboxylic acids is 2. The highest BCUT2D eigenvalue weighted by Crippen LogP contribution is 2.34. The Morgan fingerprint density at radius 1 is 1.00 bits per heavy atom. The number of benzene rings is 2. The van der Waals surface area contributed by atoms with Crippen molar-refractivity contribution in [1.82, 2.24) is 0 Å². The zero-order valence-corrected chi connectivity index (χ0v) is 12.5. The molecule has 0 saturated carbocycles. The van der Waals surface area contributed by atoms with Crippen molar-refractivity contribution in [2.24, 2.45) is 0 Å². The van der Waals surface area contributed by atoms with Gasteiger partial charge in [-0.25, -0.2) is 9.59 Å². The second-order valence-electron chi connectivity index (χ2n) is 4.33. The van der Waals surface area contributed by atoms with Crippen molar-refractivity contribution in [2.45, 2.75) is 16.7 Å². The Hall–Kier alpha value is -1.98. The molecule has 2 N–H and O–H groups in total. The molecule has 0 saturated heterocycles. The van der Waals surface area contributed by atoms with E-state index in [0.717, 1.165) is 10.5 Å². The fourth-order valence-corrected chi connectivity index (χ4v) is 3.05. The molecule has 0 heterocycles. The largest absolute Gasteiger partial charge is 0.478 e. The lowest BCUT2D eigenvalue weighted by Crippen LogP contribution is -1.99. The summed E-state index contributed by atoms with van der Waals surface area (Å²) < 4.78 is 0. The molecule has 6 heteroatoms. The molecule has 2 rings (SSSR count). The Kier molecular flexibility index (Phi) is 4.55. The van der Waals surface area contributed by atoms with Crippen molar-refractivity contribution in [3.63, 3.8) is 0 Å². The normalized spacial score (nSPS) is 10.4. The maximum absolute atomic E-state index is 11.2. The maximum atomic E-state index is 11.2. The molecule has 0 bridgehead atoms. The number of halogens is 1. The summed E-state index contributed by atoms with van der Waals surface area (Å²) in [7, 11) is 0. The van der Waals surface area contributed by atoms with E-state index in [1.807, 2.05) is 0 Å². The van der Waals surface area contributed by atoms with Crippen LogP contribution in [-0.2, 0) is 0 Å². The van der Waals surface area contributed by atoms with E-state index >= 15 is 0 Å². The monoisotopic (exact) mass is 322 g/mol. The molecule has 0 amide bonds. The molecule has 0 aromatic heterocycles. The third kappa shape index (κ3) is 3.56. The zero-order valence-electron chi connectivity index (χ0n) is 11.0. The van der Waals surface area contributed by atoms with Gasteiger partial charge in [0.2, 0.25) is 0 Å². The fourth-order valence-electron chi connectivity index (χ4n) is 1.77. The smallest absolute Gasteiger partial charge is 0.336 e. The van der Waals surface area contributed by atoms with Gasteiger partial charge in [-0.15, -0.1) is 0 Å². The minimum absolute atomic E-state index is 0.158. The Balaban J connectivity index is 2.40. The van der Waals surface area contributed by atoms with Gasteiger partial charge in [-0.2, -0.15) is 0 Å². The summed E-state index contributed by atoms with van der Waals surface area (Å²) in [6, 6.07) is 9.26. The first-order valence-electron chi connectivity index (χ1n) is 5.93. The molecule has 0 aliphatic heterocycles. The molecule has 0 fully saturated rings. The predicted octanol–water partition coefficient (Wildman–Crippen LogP) is 4.20. The van der Waals surface area contributed by atoms with Gasteiger partial charge < -0.3 is 10.2 Å². The highest BCUT2D eigenvalue weighted by molar-refractivity contribution is 7.99. The predicted molar refractivity (Wildman–Crippen MR) is 80.7 cm³/mol. The second kappa shape index (κ2) is 6.20. The van der Waals surface area contributed by atoms with Gasteiger partial charge in [0.25, 0.3) is 0 Å². The summed E-state index contributed by atoms with van der Waals surface area (Å²) in [5, 5.41) is 18.6. The standard InChI is InChI=1S/C15H11ClO4S/c1-8-6-9(14(17)18)2-5-12(8)21-13-7-10(16)3-4-11(13)15(19)20/h2-7H,1H3,(H,17,18)(H,19,20). The van der Waals surface area contributed by atoms with Crippen molar-refractivity contribution in [2.75, 3.05) is 0 Å². The highest BCUT2D eigenvalue weighted by Gasteiger charge is 2.13. The first kappa shape index (κ1) is 15.4. The number of hydrogen-bond acceptors (Lipinski definition) is 3. The van der Waals surface area contributed by atoms with Crippen LogP contribution in [0, 0.1) is 6.92 Å². The topological polar surface area (TPSA) is 74.6 Å². The summed E-state index contributed by atoms with van der Waals surface area (Å²) >= 11 is 7.16. The van der Waals surface area contributed by atoms with Crippen LogP contribution < -0.4 is 0 Å². The van der Waals surface area contributed by atoms with Gasteiger partial charge >= 0.3 is 11.9 Å². The molecule has 0 unspecified atom stereocenters. The van der Waals surface area contributed by atoms with Crippen molar-refractivity contribution >= 4 is 35.3 Å². The van der Waals surface area contributed by atoms with Gasteiger partial charge in [0.1, 0.15) is 0 Å². The third-order valence-electron chi connectivity index (χ3n) is 2.82. The lowest BCUT2D eigenvalue weighted by atomic mass is 10.1. The van der Waals surface area contributed by atoms with Crippen molar-refractivity contribution in [1.29, 1.82) is 0 Å². The number of carboxylic acid groups (broad SMARTS) is 2. The van der Waals surface area contributed by atoms with Crippen LogP contribution in [0.1, 0.15) is 26.3 Å². The van der Waals surface area contributed by atoms with Crippen LogP contribution in [-0.4, -0.2) is 22.2 Å². The lowest BCUT2D eigenvalue weighted by Gasteiger charge is -2.09. The van der Waals surface area contributed by atoms with Gasteiger partial charge in [-0.1, -0.05) is 23.4 Å². The summed E-state index contributed by atoms with van der Waals surface area (Å²) in [5.74, 6) is -2.03. The van der Waals surface area contributed by atoms with E-state index in [-0.39, 0.29) is 11.1 Å². The molecule has 2 aromatic carbocycles. The minimum atomic E-state index is -1.03. The highest BCUT2D eigenvalue weighted by atomic mass is 35.5. The summed E-state index contributed by atoms with van der Waals surface area (Å²) in [6.45, 7) is 1.78. The van der Waals surface area contributed by atoms with Crippen molar-refractivity contribution < 1.29 is 19.8 Å². The van der Waals surface area contributed by atoms with E-state index in [4.69, 9.17) is 16.7 Å². The van der Waals surface area contributed by atoms with E-state index in [9.17, 15) is 14.7 Å². The third-order valence-corrected chi connectivity index (χ3v) is 4.29. The molecule has 0 radical (unpaired) electrons. The summed E-state index contributed by atoms with van der Waals surface area (Å²) in [6.07, 6.45) is 0. The lowest BCUT2D eigenvalue weighted by molar-refractivity contribution is 0.0684. The molecule has 21 heavy (non-hydrogen) atoms. The van der Waals surface area contributed by atoms with E-state index in [0.29, 0.717) is 9.92 Å². The molecular formula is C15H11ClO4S. The fraction of sp³-hybridized carbons (Fsp3) is 0.0667. The van der Waals surface area contributed by atoms with Crippen LogP contribution >= 0.6 is 23.4 Å². The van der Waals surface area contributed by atoms with E-state index in [2.05, 4.69) is 0 Å². The Bertz CT molecular complexity index is 728. The van der Waals surface area contributed by atoms with Crippen molar-refractivity contribution in [3.8, 4) is 0 Å². The molecular weight excluding hydrogens is 312 g/mol. The van der Waals surface area contributed by atoms with E-state index in [1.54, 1.807) is 25.1 Å². The van der Waals surface area contributed by atoms with Crippen LogP contribution in [0.25, 0.3) is 0 Å². The van der Waals surface area contributed by atoms with Gasteiger partial charge in [-0.3, -0.25) is 0 Å². The number of aryl methyl sites for hydroxylation is 1. The average Bonchev–Trinajstić information content (AvgIpc) is 2.40. The van der Waals surface area contributed by atoms with E-state index in [1.165, 1.54) is 30.0 Å². The number of rotatable bonds is 4. The van der Waals surface area contributed by atoms with Crippen LogP contribution in [0.15, 0.2) is 46.2 Å². The average molecular weight is 323 g/mol. The van der Waals surface area contributed by atoms with Crippen molar-refractivity contribution in [3.05, 3.63) is 58.1 Å². The number of carboxylic acids is 2. The van der Waals surface area contributed by atoms with Crippen LogP contribution in [0.5, 0.6) is 0 Å². The van der Waals surface area contributed by atoms with E-state index < -0.39 is 11.9 Å². The second-order valence-corrected chi connectivity index (χ2v) is 5.85. The Labute approximate surface area is 130 Å². The van der Waals surface area contributed by atoms with Gasteiger partial charge in [0.15, 0.2) is 0 Å². The first-order chi connectivity index (χ1) is 9.88. The zero-order chi connectivity index (χ0) is 15.6. The maximum Gasteiger partial charge on any atom is 0.336 e. The van der Waals surface area contributed by atoms with Gasteiger partial charge in [-0.05, 0) is 48.9 Å². The number of carbonyl (C=O) groups is 2. The summed E-state index contributed by atoms with van der Waals surface area (Å²) in [5.41, 5.74) is 1.11. The first-order valence-corrected chi connectivity index (χ1v) is 7.12. The molecule has 2 aromatic rings. The van der Waals surface area contributed by atoms with Gasteiger partial charge in [0.05, 0.1) is 11.1 Å². The molecule has 4 nitrogen and oxygen atoms in total. The molecule has 0 atom stereocenters. The SMILES string of the molecule is Cc1cc(C(=O)O)ccc1Sc1cc(Cl)ccc1C(=O)O. The Morgan fingerprint density at radius 3 is 2.29 bits per heavy atom. The minimum Gasteiger partial charge on any atom is -0.478 e. The molecule has 0 aliphatic carbocycles. The molecule has 0 spiro atoms. The molecule has 108 valence electrons. The number of hydrogen-bond donors (Lipinski definition) is 2. The Morgan fingerprint density at radius 2 is 1.71 bits per heavy atom. The van der Waals surface area contributed by atoms with Crippen LogP contribution in [0.4, 0.5) is 0 Å². The molecule has 0 aliphatic rings.